The summed E-state index contributed by atoms with van der Waals surface area (Å²) in [6.07, 6.45) is 0.878. The Morgan fingerprint density at radius 3 is 2.75 bits per heavy atom. The summed E-state index contributed by atoms with van der Waals surface area (Å²) in [5.74, 6) is -0.137. The number of phenols is 1. The fourth-order valence-corrected chi connectivity index (χ4v) is 2.74. The number of nitrogens with zero attached hydrogens (tertiary/aromatic N) is 2. The lowest BCUT2D eigenvalue weighted by Gasteiger charge is -2.22. The zero-order valence-corrected chi connectivity index (χ0v) is 12.8. The SMILES string of the molecule is O=C(c1ccc(Br)cc1O)N1CCCN(CCO)CC1. The lowest BCUT2D eigenvalue weighted by atomic mass is 10.1. The minimum atomic E-state index is -0.138. The molecule has 0 radical (unpaired) electrons. The number of β-amino-alcohol motifs (C(OH)–C–C–N with tert-alkyl or cyclic N) is 1. The van der Waals surface area contributed by atoms with Gasteiger partial charge in [0.05, 0.1) is 12.2 Å². The molecule has 0 aliphatic carbocycles. The molecule has 1 amide bonds. The number of phenolic OH excluding ortho intramolecular Hbond substituents is 1. The largest absolute Gasteiger partial charge is 0.507 e. The summed E-state index contributed by atoms with van der Waals surface area (Å²) in [4.78, 5) is 16.3. The van der Waals surface area contributed by atoms with Crippen LogP contribution in [0.3, 0.4) is 0 Å². The van der Waals surface area contributed by atoms with Gasteiger partial charge in [0.25, 0.3) is 5.91 Å². The van der Waals surface area contributed by atoms with Crippen molar-refractivity contribution in [1.29, 1.82) is 0 Å². The predicted molar refractivity (Wildman–Crippen MR) is 79.9 cm³/mol. The van der Waals surface area contributed by atoms with Crippen molar-refractivity contribution in [3.63, 3.8) is 0 Å². The van der Waals surface area contributed by atoms with Gasteiger partial charge in [-0.1, -0.05) is 15.9 Å². The minimum absolute atomic E-state index is 0.000774. The first kappa shape index (κ1) is 15.3. The van der Waals surface area contributed by atoms with Gasteiger partial charge in [-0.05, 0) is 31.2 Å². The monoisotopic (exact) mass is 342 g/mol. The van der Waals surface area contributed by atoms with Crippen molar-refractivity contribution in [3.05, 3.63) is 28.2 Å². The topological polar surface area (TPSA) is 64.0 Å². The maximum Gasteiger partial charge on any atom is 0.257 e. The molecule has 0 spiro atoms. The van der Waals surface area contributed by atoms with Crippen molar-refractivity contribution in [3.8, 4) is 5.75 Å². The van der Waals surface area contributed by atoms with Crippen molar-refractivity contribution in [2.24, 2.45) is 0 Å². The third-order valence-electron chi connectivity index (χ3n) is 3.48. The van der Waals surface area contributed by atoms with Gasteiger partial charge in [-0.3, -0.25) is 9.69 Å². The highest BCUT2D eigenvalue weighted by molar-refractivity contribution is 9.10. The van der Waals surface area contributed by atoms with Crippen LogP contribution in [0.5, 0.6) is 5.75 Å². The molecule has 6 heteroatoms. The Bertz CT molecular complexity index is 481. The number of carbonyl (C=O) groups is 1. The Morgan fingerprint density at radius 2 is 2.05 bits per heavy atom. The summed E-state index contributed by atoms with van der Waals surface area (Å²) in [6.45, 7) is 3.72. The highest BCUT2D eigenvalue weighted by Gasteiger charge is 2.22. The number of halogens is 1. The molecule has 1 heterocycles. The van der Waals surface area contributed by atoms with Crippen LogP contribution in [0, 0.1) is 0 Å². The Morgan fingerprint density at radius 1 is 1.25 bits per heavy atom. The van der Waals surface area contributed by atoms with Crippen LogP contribution < -0.4 is 0 Å². The molecular formula is C14H19BrN2O3. The van der Waals surface area contributed by atoms with Gasteiger partial charge in [0.2, 0.25) is 0 Å². The van der Waals surface area contributed by atoms with Crippen LogP contribution in [-0.2, 0) is 0 Å². The molecular weight excluding hydrogens is 324 g/mol. The number of rotatable bonds is 3. The smallest absolute Gasteiger partial charge is 0.257 e. The minimum Gasteiger partial charge on any atom is -0.507 e. The maximum absolute atomic E-state index is 12.4. The quantitative estimate of drug-likeness (QED) is 0.868. The Hall–Kier alpha value is -1.11. The summed E-state index contributed by atoms with van der Waals surface area (Å²) in [6, 6.07) is 4.92. The van der Waals surface area contributed by atoms with E-state index in [0.29, 0.717) is 25.2 Å². The van der Waals surface area contributed by atoms with Gasteiger partial charge < -0.3 is 15.1 Å². The fraction of sp³-hybridized carbons (Fsp3) is 0.500. The molecule has 0 bridgehead atoms. The second kappa shape index (κ2) is 7.06. The molecule has 1 aromatic rings. The standard InChI is InChI=1S/C14H19BrN2O3/c15-11-2-3-12(13(19)10-11)14(20)17-5-1-4-16(6-7-17)8-9-18/h2-3,10,18-19H,1,4-9H2. The molecule has 1 aromatic carbocycles. The molecule has 1 fully saturated rings. The second-order valence-electron chi connectivity index (χ2n) is 4.87. The summed E-state index contributed by atoms with van der Waals surface area (Å²) >= 11 is 3.26. The van der Waals surface area contributed by atoms with E-state index in [-0.39, 0.29) is 18.3 Å². The molecule has 1 aliphatic rings. The lowest BCUT2D eigenvalue weighted by Crippen LogP contribution is -2.35. The molecule has 1 aliphatic heterocycles. The second-order valence-corrected chi connectivity index (χ2v) is 5.79. The predicted octanol–water partition coefficient (Wildman–Crippen LogP) is 1.29. The van der Waals surface area contributed by atoms with Crippen LogP contribution >= 0.6 is 15.9 Å². The van der Waals surface area contributed by atoms with Crippen molar-refractivity contribution in [1.82, 2.24) is 9.80 Å². The van der Waals surface area contributed by atoms with Crippen molar-refractivity contribution in [2.45, 2.75) is 6.42 Å². The van der Waals surface area contributed by atoms with Gasteiger partial charge in [-0.25, -0.2) is 0 Å². The van der Waals surface area contributed by atoms with Crippen LogP contribution in [-0.4, -0.2) is 65.3 Å². The van der Waals surface area contributed by atoms with Gasteiger partial charge in [-0.2, -0.15) is 0 Å². The van der Waals surface area contributed by atoms with E-state index < -0.39 is 0 Å². The zero-order chi connectivity index (χ0) is 14.5. The number of aromatic hydroxyl groups is 1. The van der Waals surface area contributed by atoms with E-state index >= 15 is 0 Å². The number of amides is 1. The van der Waals surface area contributed by atoms with E-state index in [1.807, 2.05) is 0 Å². The molecule has 110 valence electrons. The van der Waals surface area contributed by atoms with E-state index in [1.165, 1.54) is 6.07 Å². The summed E-state index contributed by atoms with van der Waals surface area (Å²) in [7, 11) is 0. The van der Waals surface area contributed by atoms with Crippen molar-refractivity contribution in [2.75, 3.05) is 39.3 Å². The van der Waals surface area contributed by atoms with Crippen LogP contribution in [0.25, 0.3) is 0 Å². The average molecular weight is 343 g/mol. The van der Waals surface area contributed by atoms with Crippen LogP contribution in [0.4, 0.5) is 0 Å². The molecule has 2 N–H and O–H groups in total. The highest BCUT2D eigenvalue weighted by atomic mass is 79.9. The number of aliphatic hydroxyl groups excluding tert-OH is 1. The number of hydrogen-bond acceptors (Lipinski definition) is 4. The molecule has 5 nitrogen and oxygen atoms in total. The van der Waals surface area contributed by atoms with E-state index in [0.717, 1.165) is 24.0 Å². The van der Waals surface area contributed by atoms with Gasteiger partial charge >= 0.3 is 0 Å². The summed E-state index contributed by atoms with van der Waals surface area (Å²) in [5, 5.41) is 18.8. The van der Waals surface area contributed by atoms with Crippen molar-refractivity contribution < 1.29 is 15.0 Å². The van der Waals surface area contributed by atoms with Crippen LogP contribution in [0.2, 0.25) is 0 Å². The average Bonchev–Trinajstić information content (AvgIpc) is 2.64. The molecule has 0 saturated carbocycles. The first-order valence-corrected chi connectivity index (χ1v) is 7.52. The third-order valence-corrected chi connectivity index (χ3v) is 3.98. The number of aliphatic hydroxyl groups is 1. The Labute approximate surface area is 126 Å². The molecule has 0 unspecified atom stereocenters. The normalized spacial score (nSPS) is 17.0. The van der Waals surface area contributed by atoms with Gasteiger partial charge in [0.1, 0.15) is 5.75 Å². The summed E-state index contributed by atoms with van der Waals surface area (Å²) < 4.78 is 0.747. The van der Waals surface area contributed by atoms with E-state index in [4.69, 9.17) is 5.11 Å². The maximum atomic E-state index is 12.4. The van der Waals surface area contributed by atoms with E-state index in [9.17, 15) is 9.90 Å². The lowest BCUT2D eigenvalue weighted by molar-refractivity contribution is 0.0757. The molecule has 0 atom stereocenters. The molecule has 2 rings (SSSR count). The van der Waals surface area contributed by atoms with Gasteiger partial charge in [-0.15, -0.1) is 0 Å². The van der Waals surface area contributed by atoms with Gasteiger partial charge in [0.15, 0.2) is 0 Å². The van der Waals surface area contributed by atoms with E-state index in [2.05, 4.69) is 20.8 Å². The highest BCUT2D eigenvalue weighted by Crippen LogP contribution is 2.24. The van der Waals surface area contributed by atoms with Crippen LogP contribution in [0.1, 0.15) is 16.8 Å². The fourth-order valence-electron chi connectivity index (χ4n) is 2.40. The molecule has 20 heavy (non-hydrogen) atoms. The first-order valence-electron chi connectivity index (χ1n) is 6.73. The first-order chi connectivity index (χ1) is 9.61. The van der Waals surface area contributed by atoms with Crippen molar-refractivity contribution >= 4 is 21.8 Å². The summed E-state index contributed by atoms with van der Waals surface area (Å²) in [5.41, 5.74) is 0.337. The van der Waals surface area contributed by atoms with Crippen LogP contribution in [0.15, 0.2) is 22.7 Å². The number of benzene rings is 1. The number of carbonyl (C=O) groups excluding carboxylic acids is 1. The Kier molecular flexibility index (Phi) is 5.39. The van der Waals surface area contributed by atoms with Gasteiger partial charge in [0, 0.05) is 30.7 Å². The Balaban J connectivity index is 2.05. The third kappa shape index (κ3) is 3.71. The zero-order valence-electron chi connectivity index (χ0n) is 11.3. The molecule has 1 saturated heterocycles. The molecule has 0 aromatic heterocycles. The number of hydrogen-bond donors (Lipinski definition) is 2. The van der Waals surface area contributed by atoms with E-state index in [1.54, 1.807) is 17.0 Å².